The molecule has 0 fully saturated rings. The van der Waals surface area contributed by atoms with Crippen LogP contribution in [0, 0.1) is 5.92 Å². The molecule has 116 valence electrons. The van der Waals surface area contributed by atoms with Crippen molar-refractivity contribution in [3.05, 3.63) is 6.33 Å². The lowest BCUT2D eigenvalue weighted by molar-refractivity contribution is 0.523. The third kappa shape index (κ3) is 4.58. The van der Waals surface area contributed by atoms with Crippen molar-refractivity contribution in [3.63, 3.8) is 0 Å². The predicted molar refractivity (Wildman–Crippen MR) is 87.6 cm³/mol. The second kappa shape index (κ2) is 7.81. The Balaban J connectivity index is 1.79. The number of nitrogens with zero attached hydrogens (tertiary/aromatic N) is 3. The van der Waals surface area contributed by atoms with Crippen LogP contribution >= 0.6 is 0 Å². The summed E-state index contributed by atoms with van der Waals surface area (Å²) < 4.78 is 0. The summed E-state index contributed by atoms with van der Waals surface area (Å²) in [5.41, 5.74) is 1.56. The fourth-order valence-corrected chi connectivity index (χ4v) is 2.31. The van der Waals surface area contributed by atoms with E-state index < -0.39 is 0 Å². The topological polar surface area (TPSA) is 78.5 Å². The molecule has 0 aliphatic heterocycles. The third-order valence-corrected chi connectivity index (χ3v) is 3.51. The molecule has 0 aliphatic rings. The molecule has 21 heavy (non-hydrogen) atoms. The van der Waals surface area contributed by atoms with Crippen molar-refractivity contribution in [1.29, 1.82) is 0 Å². The Morgan fingerprint density at radius 3 is 2.71 bits per heavy atom. The lowest BCUT2D eigenvalue weighted by atomic mass is 10.0. The average molecular weight is 290 g/mol. The minimum absolute atomic E-state index is 0.592. The molecular weight excluding hydrogens is 264 g/mol. The molecule has 6 nitrogen and oxygen atoms in total. The summed E-state index contributed by atoms with van der Waals surface area (Å²) in [5.74, 6) is 2.23. The SMILES string of the molecule is CNc1nc(NCCCCCCC(C)C)c2[nH]cnc2n1. The summed E-state index contributed by atoms with van der Waals surface area (Å²) in [6.45, 7) is 5.49. The van der Waals surface area contributed by atoms with E-state index in [1.165, 1.54) is 25.7 Å². The first-order valence-electron chi connectivity index (χ1n) is 7.83. The molecule has 2 rings (SSSR count). The van der Waals surface area contributed by atoms with E-state index in [0.717, 1.165) is 30.2 Å². The van der Waals surface area contributed by atoms with E-state index >= 15 is 0 Å². The molecule has 2 aromatic rings. The highest BCUT2D eigenvalue weighted by Crippen LogP contribution is 2.18. The summed E-state index contributed by atoms with van der Waals surface area (Å²) in [6, 6.07) is 0. The molecule has 2 heterocycles. The molecule has 0 saturated carbocycles. The fraction of sp³-hybridized carbons (Fsp3) is 0.667. The molecule has 0 bridgehead atoms. The molecule has 0 saturated heterocycles. The van der Waals surface area contributed by atoms with Crippen molar-refractivity contribution in [3.8, 4) is 0 Å². The molecule has 0 aromatic carbocycles. The third-order valence-electron chi connectivity index (χ3n) is 3.51. The Morgan fingerprint density at radius 1 is 1.14 bits per heavy atom. The van der Waals surface area contributed by atoms with Gasteiger partial charge in [0.25, 0.3) is 0 Å². The zero-order valence-electron chi connectivity index (χ0n) is 13.2. The van der Waals surface area contributed by atoms with Gasteiger partial charge >= 0.3 is 0 Å². The largest absolute Gasteiger partial charge is 0.368 e. The Kier molecular flexibility index (Phi) is 5.78. The van der Waals surface area contributed by atoms with Crippen LogP contribution in [0.1, 0.15) is 46.0 Å². The number of rotatable bonds is 9. The van der Waals surface area contributed by atoms with E-state index in [1.807, 2.05) is 7.05 Å². The van der Waals surface area contributed by atoms with Gasteiger partial charge in [-0.2, -0.15) is 9.97 Å². The number of hydrogen-bond donors (Lipinski definition) is 3. The van der Waals surface area contributed by atoms with E-state index in [-0.39, 0.29) is 0 Å². The van der Waals surface area contributed by atoms with Crippen LogP contribution in [0.2, 0.25) is 0 Å². The van der Waals surface area contributed by atoms with Gasteiger partial charge in [0.2, 0.25) is 5.95 Å². The molecule has 0 amide bonds. The van der Waals surface area contributed by atoms with Crippen LogP contribution in [0.4, 0.5) is 11.8 Å². The zero-order valence-corrected chi connectivity index (χ0v) is 13.2. The van der Waals surface area contributed by atoms with Crippen molar-refractivity contribution < 1.29 is 0 Å². The van der Waals surface area contributed by atoms with Gasteiger partial charge in [-0.15, -0.1) is 0 Å². The lowest BCUT2D eigenvalue weighted by Gasteiger charge is -2.08. The smallest absolute Gasteiger partial charge is 0.226 e. The highest BCUT2D eigenvalue weighted by atomic mass is 15.2. The van der Waals surface area contributed by atoms with Crippen molar-refractivity contribution in [2.24, 2.45) is 5.92 Å². The van der Waals surface area contributed by atoms with E-state index in [4.69, 9.17) is 0 Å². The molecule has 0 aliphatic carbocycles. The van der Waals surface area contributed by atoms with Gasteiger partial charge < -0.3 is 15.6 Å². The zero-order chi connectivity index (χ0) is 15.1. The van der Waals surface area contributed by atoms with Crippen LogP contribution in [-0.2, 0) is 0 Å². The Hall–Kier alpha value is -1.85. The number of unbranched alkanes of at least 4 members (excludes halogenated alkanes) is 3. The summed E-state index contributed by atoms with van der Waals surface area (Å²) >= 11 is 0. The van der Waals surface area contributed by atoms with Crippen LogP contribution in [0.25, 0.3) is 11.2 Å². The van der Waals surface area contributed by atoms with E-state index in [1.54, 1.807) is 6.33 Å². The molecule has 2 aromatic heterocycles. The maximum Gasteiger partial charge on any atom is 0.226 e. The molecule has 3 N–H and O–H groups in total. The minimum atomic E-state index is 0.592. The Bertz CT molecular complexity index is 548. The number of H-pyrrole nitrogens is 1. The van der Waals surface area contributed by atoms with E-state index in [2.05, 4.69) is 44.4 Å². The summed E-state index contributed by atoms with van der Waals surface area (Å²) in [6.07, 6.45) is 8.04. The normalized spacial score (nSPS) is 11.2. The molecular formula is C15H26N6. The van der Waals surface area contributed by atoms with E-state index in [9.17, 15) is 0 Å². The van der Waals surface area contributed by atoms with Gasteiger partial charge in [-0.05, 0) is 12.3 Å². The predicted octanol–water partition coefficient (Wildman–Crippen LogP) is 3.41. The number of nitrogens with one attached hydrogen (secondary N) is 3. The van der Waals surface area contributed by atoms with Crippen molar-refractivity contribution in [1.82, 2.24) is 19.9 Å². The van der Waals surface area contributed by atoms with Crippen LogP contribution < -0.4 is 10.6 Å². The average Bonchev–Trinajstić information content (AvgIpc) is 2.94. The molecule has 0 unspecified atom stereocenters. The fourth-order valence-electron chi connectivity index (χ4n) is 2.31. The van der Waals surface area contributed by atoms with E-state index in [0.29, 0.717) is 11.6 Å². The Morgan fingerprint density at radius 2 is 1.95 bits per heavy atom. The molecule has 0 spiro atoms. The van der Waals surface area contributed by atoms with Crippen molar-refractivity contribution in [2.75, 3.05) is 24.2 Å². The molecule has 0 atom stereocenters. The first-order valence-corrected chi connectivity index (χ1v) is 7.83. The number of aromatic amines is 1. The van der Waals surface area contributed by atoms with Crippen LogP contribution in [-0.4, -0.2) is 33.5 Å². The summed E-state index contributed by atoms with van der Waals surface area (Å²) in [4.78, 5) is 16.0. The van der Waals surface area contributed by atoms with Gasteiger partial charge in [-0.1, -0.05) is 39.5 Å². The number of aromatic nitrogens is 4. The monoisotopic (exact) mass is 290 g/mol. The number of hydrogen-bond acceptors (Lipinski definition) is 5. The van der Waals surface area contributed by atoms with Crippen LogP contribution in [0.3, 0.4) is 0 Å². The van der Waals surface area contributed by atoms with Gasteiger partial charge in [-0.3, -0.25) is 0 Å². The van der Waals surface area contributed by atoms with Gasteiger partial charge in [0.1, 0.15) is 5.52 Å². The van der Waals surface area contributed by atoms with Crippen molar-refractivity contribution in [2.45, 2.75) is 46.0 Å². The molecule has 6 heteroatoms. The standard InChI is InChI=1S/C15H26N6/c1-11(2)8-6-4-5-7-9-17-13-12-14(19-10-18-12)21-15(16-3)20-13/h10-11H,4-9H2,1-3H3,(H3,16,17,18,19,20,21). The lowest BCUT2D eigenvalue weighted by Crippen LogP contribution is -2.07. The van der Waals surface area contributed by atoms with Gasteiger partial charge in [0.15, 0.2) is 11.5 Å². The quantitative estimate of drug-likeness (QED) is 0.617. The first kappa shape index (κ1) is 15.5. The van der Waals surface area contributed by atoms with Crippen LogP contribution in [0.15, 0.2) is 6.33 Å². The van der Waals surface area contributed by atoms with Gasteiger partial charge in [0.05, 0.1) is 6.33 Å². The first-order chi connectivity index (χ1) is 10.2. The van der Waals surface area contributed by atoms with Crippen LogP contribution in [0.5, 0.6) is 0 Å². The summed E-state index contributed by atoms with van der Waals surface area (Å²) in [5, 5.41) is 6.35. The maximum atomic E-state index is 4.44. The second-order valence-electron chi connectivity index (χ2n) is 5.77. The number of fused-ring (bicyclic) bond motifs is 1. The molecule has 0 radical (unpaired) electrons. The minimum Gasteiger partial charge on any atom is -0.368 e. The highest BCUT2D eigenvalue weighted by molar-refractivity contribution is 5.83. The van der Waals surface area contributed by atoms with Crippen molar-refractivity contribution >= 4 is 22.9 Å². The Labute approximate surface area is 126 Å². The highest BCUT2D eigenvalue weighted by Gasteiger charge is 2.08. The number of anilines is 2. The van der Waals surface area contributed by atoms with Gasteiger partial charge in [-0.25, -0.2) is 4.98 Å². The van der Waals surface area contributed by atoms with Gasteiger partial charge in [0, 0.05) is 13.6 Å². The second-order valence-corrected chi connectivity index (χ2v) is 5.77. The number of imidazole rings is 1. The maximum absolute atomic E-state index is 4.44. The summed E-state index contributed by atoms with van der Waals surface area (Å²) in [7, 11) is 1.81.